The van der Waals surface area contributed by atoms with Crippen molar-refractivity contribution in [2.24, 2.45) is 0 Å². The van der Waals surface area contributed by atoms with Crippen molar-refractivity contribution in [3.63, 3.8) is 0 Å². The van der Waals surface area contributed by atoms with Gasteiger partial charge in [0.2, 0.25) is 5.79 Å². The van der Waals surface area contributed by atoms with Crippen molar-refractivity contribution in [1.29, 1.82) is 0 Å². The summed E-state index contributed by atoms with van der Waals surface area (Å²) < 4.78 is 30.1. The molecule has 0 aromatic heterocycles. The minimum absolute atomic E-state index is 0.0619. The van der Waals surface area contributed by atoms with Gasteiger partial charge in [-0.05, 0) is 32.0 Å². The predicted octanol–water partition coefficient (Wildman–Crippen LogP) is 2.86. The fourth-order valence-electron chi connectivity index (χ4n) is 2.90. The second kappa shape index (κ2) is 6.45. The first kappa shape index (κ1) is 20.0. The van der Waals surface area contributed by atoms with Crippen molar-refractivity contribution in [2.45, 2.75) is 89.1 Å². The van der Waals surface area contributed by atoms with Crippen LogP contribution in [0.4, 0.5) is 0 Å². The van der Waals surface area contributed by atoms with Gasteiger partial charge in [0, 0.05) is 13.5 Å². The first-order chi connectivity index (χ1) is 10.9. The van der Waals surface area contributed by atoms with Crippen LogP contribution in [-0.4, -0.2) is 58.2 Å². The molecule has 0 radical (unpaired) electrons. The van der Waals surface area contributed by atoms with Crippen molar-refractivity contribution in [3.05, 3.63) is 0 Å². The van der Waals surface area contributed by atoms with E-state index in [4.69, 9.17) is 23.4 Å². The van der Waals surface area contributed by atoms with Crippen molar-refractivity contribution in [1.82, 2.24) is 0 Å². The molecule has 0 amide bonds. The van der Waals surface area contributed by atoms with Crippen LogP contribution in [0.5, 0.6) is 0 Å². The van der Waals surface area contributed by atoms with E-state index in [1.807, 2.05) is 13.8 Å². The molecular weight excluding hydrogens is 328 g/mol. The number of carbonyl (C=O) groups is 1. The minimum Gasteiger partial charge on any atom is -0.411 e. The molecule has 0 aromatic carbocycles. The van der Waals surface area contributed by atoms with Crippen LogP contribution in [0.1, 0.15) is 41.0 Å². The standard InChI is InChI=1S/C17H32O6Si/c1-15(2,3)24(7,8)20-11-17(19-6)14-13(9-12(10-18)21-17)22-16(4,5)23-14/h10,12-14H,9,11H2,1-8H3/t12-,13-,14-,17-/m1/s1. The maximum atomic E-state index is 11.4. The molecule has 2 aliphatic heterocycles. The summed E-state index contributed by atoms with van der Waals surface area (Å²) in [5.41, 5.74) is 0. The first-order valence-electron chi connectivity index (χ1n) is 8.54. The Bertz CT molecular complexity index is 472. The van der Waals surface area contributed by atoms with Gasteiger partial charge in [0.1, 0.15) is 18.5 Å². The molecule has 0 spiro atoms. The smallest absolute Gasteiger partial charge is 0.220 e. The molecule has 140 valence electrons. The molecule has 2 rings (SSSR count). The monoisotopic (exact) mass is 360 g/mol. The van der Waals surface area contributed by atoms with Gasteiger partial charge in [0.05, 0.1) is 12.7 Å². The van der Waals surface area contributed by atoms with Crippen LogP contribution in [0.3, 0.4) is 0 Å². The summed E-state index contributed by atoms with van der Waals surface area (Å²) in [4.78, 5) is 11.4. The highest BCUT2D eigenvalue weighted by atomic mass is 28.4. The Morgan fingerprint density at radius 1 is 1.21 bits per heavy atom. The highest BCUT2D eigenvalue weighted by molar-refractivity contribution is 6.74. The molecule has 2 heterocycles. The number of ether oxygens (including phenoxy) is 4. The van der Waals surface area contributed by atoms with Gasteiger partial charge in [0.15, 0.2) is 14.1 Å². The number of methoxy groups -OCH3 is 1. The van der Waals surface area contributed by atoms with Gasteiger partial charge in [-0.2, -0.15) is 0 Å². The van der Waals surface area contributed by atoms with E-state index in [-0.39, 0.29) is 17.7 Å². The lowest BCUT2D eigenvalue weighted by molar-refractivity contribution is -0.322. The van der Waals surface area contributed by atoms with Crippen molar-refractivity contribution < 1.29 is 28.2 Å². The Morgan fingerprint density at radius 2 is 1.83 bits per heavy atom. The summed E-state index contributed by atoms with van der Waals surface area (Å²) in [7, 11) is -0.445. The van der Waals surface area contributed by atoms with Crippen LogP contribution >= 0.6 is 0 Å². The summed E-state index contributed by atoms with van der Waals surface area (Å²) in [5, 5.41) is 0.0619. The highest BCUT2D eigenvalue weighted by Gasteiger charge is 2.59. The Labute approximate surface area is 146 Å². The Hall–Kier alpha value is -0.313. The van der Waals surface area contributed by atoms with E-state index < -0.39 is 32.1 Å². The fourth-order valence-corrected chi connectivity index (χ4v) is 3.90. The number of hydrogen-bond acceptors (Lipinski definition) is 6. The summed E-state index contributed by atoms with van der Waals surface area (Å²) in [6, 6.07) is 0. The first-order valence-corrected chi connectivity index (χ1v) is 11.4. The molecule has 2 fully saturated rings. The molecule has 0 N–H and O–H groups in total. The molecule has 6 nitrogen and oxygen atoms in total. The van der Waals surface area contributed by atoms with Crippen LogP contribution in [-0.2, 0) is 28.2 Å². The normalized spacial score (nSPS) is 36.4. The van der Waals surface area contributed by atoms with Crippen LogP contribution in [0.15, 0.2) is 0 Å². The number of carbonyl (C=O) groups excluding carboxylic acids is 1. The third kappa shape index (κ3) is 3.76. The summed E-state index contributed by atoms with van der Waals surface area (Å²) in [6.07, 6.45) is -0.0227. The largest absolute Gasteiger partial charge is 0.411 e. The van der Waals surface area contributed by atoms with Gasteiger partial charge >= 0.3 is 0 Å². The van der Waals surface area contributed by atoms with Crippen molar-refractivity contribution in [3.8, 4) is 0 Å². The molecule has 0 saturated carbocycles. The zero-order valence-corrected chi connectivity index (χ0v) is 17.2. The van der Waals surface area contributed by atoms with Gasteiger partial charge in [-0.1, -0.05) is 20.8 Å². The molecule has 24 heavy (non-hydrogen) atoms. The topological polar surface area (TPSA) is 63.2 Å². The molecule has 4 atom stereocenters. The van der Waals surface area contributed by atoms with E-state index >= 15 is 0 Å². The zero-order chi connectivity index (χ0) is 18.4. The molecule has 0 aliphatic carbocycles. The molecule has 2 aliphatic rings. The average molecular weight is 361 g/mol. The summed E-state index contributed by atoms with van der Waals surface area (Å²) in [5.74, 6) is -1.88. The maximum Gasteiger partial charge on any atom is 0.220 e. The fraction of sp³-hybridized carbons (Fsp3) is 0.941. The molecular formula is C17H32O6Si. The van der Waals surface area contributed by atoms with Crippen LogP contribution in [0.2, 0.25) is 18.1 Å². The van der Waals surface area contributed by atoms with Gasteiger partial charge in [-0.25, -0.2) is 0 Å². The van der Waals surface area contributed by atoms with Crippen LogP contribution < -0.4 is 0 Å². The number of rotatable bonds is 5. The number of fused-ring (bicyclic) bond motifs is 1. The van der Waals surface area contributed by atoms with E-state index in [0.717, 1.165) is 6.29 Å². The van der Waals surface area contributed by atoms with Gasteiger partial charge in [-0.3, -0.25) is 0 Å². The highest BCUT2D eigenvalue weighted by Crippen LogP contribution is 2.44. The third-order valence-corrected chi connectivity index (χ3v) is 9.85. The van der Waals surface area contributed by atoms with E-state index in [0.29, 0.717) is 6.42 Å². The van der Waals surface area contributed by atoms with Gasteiger partial charge < -0.3 is 28.2 Å². The summed E-state index contributed by atoms with van der Waals surface area (Å²) >= 11 is 0. The summed E-state index contributed by atoms with van der Waals surface area (Å²) in [6.45, 7) is 14.8. The lowest BCUT2D eigenvalue weighted by atomic mass is 9.96. The lowest BCUT2D eigenvalue weighted by Crippen LogP contribution is -2.62. The number of hydrogen-bond donors (Lipinski definition) is 0. The second-order valence-electron chi connectivity index (χ2n) is 8.69. The van der Waals surface area contributed by atoms with Crippen molar-refractivity contribution in [2.75, 3.05) is 13.7 Å². The Balaban J connectivity index is 2.25. The van der Waals surface area contributed by atoms with Gasteiger partial charge in [-0.15, -0.1) is 0 Å². The minimum atomic E-state index is -2.01. The van der Waals surface area contributed by atoms with E-state index in [9.17, 15) is 4.79 Å². The lowest BCUT2D eigenvalue weighted by Gasteiger charge is -2.46. The molecule has 2 saturated heterocycles. The Morgan fingerprint density at radius 3 is 2.33 bits per heavy atom. The predicted molar refractivity (Wildman–Crippen MR) is 92.3 cm³/mol. The maximum absolute atomic E-state index is 11.4. The van der Waals surface area contributed by atoms with E-state index in [1.54, 1.807) is 7.11 Å². The zero-order valence-electron chi connectivity index (χ0n) is 16.2. The van der Waals surface area contributed by atoms with E-state index in [2.05, 4.69) is 33.9 Å². The second-order valence-corrected chi connectivity index (χ2v) is 13.5. The SMILES string of the molecule is CO[C@]1(CO[Si](C)(C)C(C)(C)C)O[C@@H](C=O)C[C@H]2OC(C)(C)O[C@H]21. The van der Waals surface area contributed by atoms with Gasteiger partial charge in [0.25, 0.3) is 0 Å². The van der Waals surface area contributed by atoms with Crippen molar-refractivity contribution >= 4 is 14.6 Å². The molecule has 0 aromatic rings. The van der Waals surface area contributed by atoms with E-state index in [1.165, 1.54) is 0 Å². The van der Waals surface area contributed by atoms with Crippen LogP contribution in [0.25, 0.3) is 0 Å². The third-order valence-electron chi connectivity index (χ3n) is 5.37. The molecule has 0 unspecified atom stereocenters. The Kier molecular flexibility index (Phi) is 5.37. The number of aldehydes is 1. The average Bonchev–Trinajstić information content (AvgIpc) is 2.77. The quantitative estimate of drug-likeness (QED) is 0.555. The molecule has 0 bridgehead atoms. The van der Waals surface area contributed by atoms with Crippen LogP contribution in [0, 0.1) is 0 Å². The molecule has 7 heteroatoms.